The molecule has 15 heavy (non-hydrogen) atoms. The van der Waals surface area contributed by atoms with Crippen LogP contribution in [0.4, 0.5) is 0 Å². The highest BCUT2D eigenvalue weighted by Crippen LogP contribution is 2.13. The number of nitrogens with zero attached hydrogens (tertiary/aromatic N) is 1. The van der Waals surface area contributed by atoms with E-state index in [-0.39, 0.29) is 0 Å². The summed E-state index contributed by atoms with van der Waals surface area (Å²) in [5.74, 6) is 0.856. The molecule has 2 nitrogen and oxygen atoms in total. The minimum absolute atomic E-state index is 0.753. The van der Waals surface area contributed by atoms with Gasteiger partial charge in [-0.05, 0) is 38.3 Å². The molecule has 2 unspecified atom stereocenters. The van der Waals surface area contributed by atoms with Crippen molar-refractivity contribution in [3.05, 3.63) is 0 Å². The fourth-order valence-corrected chi connectivity index (χ4v) is 2.31. The minimum atomic E-state index is 0.753. The Bertz CT molecular complexity index is 159. The van der Waals surface area contributed by atoms with Crippen LogP contribution in [0.5, 0.6) is 0 Å². The standard InChI is InChI=1S/C13H28N2/c1-4-8-14-13-7-6-9-15(11-13)10-12(3)5-2/h12-14H,4-11H2,1-3H3. The molecule has 1 N–H and O–H groups in total. The number of hydrogen-bond acceptors (Lipinski definition) is 2. The highest BCUT2D eigenvalue weighted by atomic mass is 15.2. The summed E-state index contributed by atoms with van der Waals surface area (Å²) >= 11 is 0. The zero-order valence-electron chi connectivity index (χ0n) is 10.8. The van der Waals surface area contributed by atoms with E-state index in [0.717, 1.165) is 12.0 Å². The Balaban J connectivity index is 2.22. The summed E-state index contributed by atoms with van der Waals surface area (Å²) in [6.45, 7) is 12.0. The van der Waals surface area contributed by atoms with Gasteiger partial charge in [-0.2, -0.15) is 0 Å². The zero-order chi connectivity index (χ0) is 11.1. The van der Waals surface area contributed by atoms with Gasteiger partial charge in [0.05, 0.1) is 0 Å². The maximum atomic E-state index is 3.65. The first-order valence-electron chi connectivity index (χ1n) is 6.72. The monoisotopic (exact) mass is 212 g/mol. The van der Waals surface area contributed by atoms with Gasteiger partial charge in [0.15, 0.2) is 0 Å². The normalized spacial score (nSPS) is 25.4. The maximum absolute atomic E-state index is 3.65. The van der Waals surface area contributed by atoms with Crippen molar-refractivity contribution >= 4 is 0 Å². The van der Waals surface area contributed by atoms with E-state index >= 15 is 0 Å². The van der Waals surface area contributed by atoms with Gasteiger partial charge in [-0.3, -0.25) is 0 Å². The lowest BCUT2D eigenvalue weighted by atomic mass is 10.0. The van der Waals surface area contributed by atoms with E-state index in [9.17, 15) is 0 Å². The van der Waals surface area contributed by atoms with Crippen LogP contribution in [0.3, 0.4) is 0 Å². The maximum Gasteiger partial charge on any atom is 0.0195 e. The number of likely N-dealkylation sites (tertiary alicyclic amines) is 1. The summed E-state index contributed by atoms with van der Waals surface area (Å²) < 4.78 is 0. The number of hydrogen-bond donors (Lipinski definition) is 1. The Labute approximate surface area is 95.4 Å². The number of nitrogens with one attached hydrogen (secondary N) is 1. The van der Waals surface area contributed by atoms with Gasteiger partial charge in [0.1, 0.15) is 0 Å². The minimum Gasteiger partial charge on any atom is -0.313 e. The molecule has 0 saturated carbocycles. The van der Waals surface area contributed by atoms with Crippen molar-refractivity contribution in [1.82, 2.24) is 10.2 Å². The second-order valence-electron chi connectivity index (χ2n) is 5.07. The highest BCUT2D eigenvalue weighted by molar-refractivity contribution is 4.78. The van der Waals surface area contributed by atoms with Crippen molar-refractivity contribution < 1.29 is 0 Å². The summed E-state index contributed by atoms with van der Waals surface area (Å²) in [7, 11) is 0. The molecule has 1 saturated heterocycles. The van der Waals surface area contributed by atoms with Crippen molar-refractivity contribution in [3.8, 4) is 0 Å². The van der Waals surface area contributed by atoms with Gasteiger partial charge in [0, 0.05) is 19.1 Å². The summed E-state index contributed by atoms with van der Waals surface area (Å²) in [4.78, 5) is 2.64. The van der Waals surface area contributed by atoms with Crippen LogP contribution in [0.2, 0.25) is 0 Å². The van der Waals surface area contributed by atoms with Crippen LogP contribution < -0.4 is 5.32 Å². The predicted octanol–water partition coefficient (Wildman–Crippen LogP) is 2.50. The van der Waals surface area contributed by atoms with E-state index in [0.29, 0.717) is 0 Å². The van der Waals surface area contributed by atoms with E-state index in [1.807, 2.05) is 0 Å². The first-order chi connectivity index (χ1) is 7.26. The Morgan fingerprint density at radius 2 is 2.20 bits per heavy atom. The van der Waals surface area contributed by atoms with Crippen LogP contribution in [-0.2, 0) is 0 Å². The van der Waals surface area contributed by atoms with Crippen LogP contribution in [-0.4, -0.2) is 37.1 Å². The van der Waals surface area contributed by atoms with E-state index in [1.54, 1.807) is 0 Å². The quantitative estimate of drug-likeness (QED) is 0.728. The van der Waals surface area contributed by atoms with E-state index in [2.05, 4.69) is 31.0 Å². The number of piperidine rings is 1. The van der Waals surface area contributed by atoms with Gasteiger partial charge in [-0.15, -0.1) is 0 Å². The van der Waals surface area contributed by atoms with E-state index in [4.69, 9.17) is 0 Å². The third-order valence-corrected chi connectivity index (χ3v) is 3.46. The van der Waals surface area contributed by atoms with Crippen molar-refractivity contribution in [2.45, 2.75) is 52.5 Å². The molecule has 0 aliphatic carbocycles. The lowest BCUT2D eigenvalue weighted by molar-refractivity contribution is 0.168. The highest BCUT2D eigenvalue weighted by Gasteiger charge is 2.19. The molecule has 0 radical (unpaired) electrons. The van der Waals surface area contributed by atoms with Gasteiger partial charge in [0.2, 0.25) is 0 Å². The molecule has 0 aromatic rings. The van der Waals surface area contributed by atoms with E-state index in [1.165, 1.54) is 51.9 Å². The van der Waals surface area contributed by atoms with Crippen molar-refractivity contribution in [1.29, 1.82) is 0 Å². The van der Waals surface area contributed by atoms with Crippen molar-refractivity contribution in [2.75, 3.05) is 26.2 Å². The molecular formula is C13H28N2. The SMILES string of the molecule is CCCNC1CCCN(CC(C)CC)C1. The molecule has 0 spiro atoms. The summed E-state index contributed by atoms with van der Waals surface area (Å²) in [5, 5.41) is 3.65. The summed E-state index contributed by atoms with van der Waals surface area (Å²) in [5.41, 5.74) is 0. The molecule has 0 amide bonds. The Hall–Kier alpha value is -0.0800. The Morgan fingerprint density at radius 1 is 1.40 bits per heavy atom. The van der Waals surface area contributed by atoms with Crippen LogP contribution in [0.15, 0.2) is 0 Å². The van der Waals surface area contributed by atoms with E-state index < -0.39 is 0 Å². The second kappa shape index (κ2) is 7.24. The van der Waals surface area contributed by atoms with Crippen LogP contribution in [0.1, 0.15) is 46.5 Å². The first kappa shape index (κ1) is 13.0. The third kappa shape index (κ3) is 4.98. The van der Waals surface area contributed by atoms with Gasteiger partial charge >= 0.3 is 0 Å². The molecule has 2 atom stereocenters. The first-order valence-corrected chi connectivity index (χ1v) is 6.72. The van der Waals surface area contributed by atoms with Gasteiger partial charge < -0.3 is 10.2 Å². The van der Waals surface area contributed by atoms with Crippen molar-refractivity contribution in [3.63, 3.8) is 0 Å². The van der Waals surface area contributed by atoms with Crippen LogP contribution >= 0.6 is 0 Å². The molecule has 90 valence electrons. The molecule has 1 fully saturated rings. The fourth-order valence-electron chi connectivity index (χ4n) is 2.31. The summed E-state index contributed by atoms with van der Waals surface area (Å²) in [6, 6.07) is 0.753. The van der Waals surface area contributed by atoms with Crippen molar-refractivity contribution in [2.24, 2.45) is 5.92 Å². The zero-order valence-corrected chi connectivity index (χ0v) is 10.8. The van der Waals surface area contributed by atoms with Gasteiger partial charge in [-0.25, -0.2) is 0 Å². The molecule has 0 aromatic heterocycles. The smallest absolute Gasteiger partial charge is 0.0195 e. The lowest BCUT2D eigenvalue weighted by Gasteiger charge is -2.34. The third-order valence-electron chi connectivity index (χ3n) is 3.46. The topological polar surface area (TPSA) is 15.3 Å². The summed E-state index contributed by atoms with van der Waals surface area (Å²) in [6.07, 6.45) is 5.31. The second-order valence-corrected chi connectivity index (χ2v) is 5.07. The van der Waals surface area contributed by atoms with Crippen LogP contribution in [0.25, 0.3) is 0 Å². The fraction of sp³-hybridized carbons (Fsp3) is 1.00. The van der Waals surface area contributed by atoms with Gasteiger partial charge in [-0.1, -0.05) is 27.2 Å². The Kier molecular flexibility index (Phi) is 6.26. The molecule has 1 aliphatic heterocycles. The number of rotatable bonds is 6. The predicted molar refractivity (Wildman–Crippen MR) is 67.2 cm³/mol. The molecule has 1 heterocycles. The van der Waals surface area contributed by atoms with Crippen LogP contribution in [0, 0.1) is 5.92 Å². The average Bonchev–Trinajstić information content (AvgIpc) is 2.26. The molecule has 0 bridgehead atoms. The molecule has 1 rings (SSSR count). The lowest BCUT2D eigenvalue weighted by Crippen LogP contribution is -2.47. The molecule has 0 aromatic carbocycles. The molecule has 1 aliphatic rings. The molecular weight excluding hydrogens is 184 g/mol. The molecule has 2 heteroatoms. The largest absolute Gasteiger partial charge is 0.313 e. The average molecular weight is 212 g/mol. The Morgan fingerprint density at radius 3 is 2.87 bits per heavy atom. The van der Waals surface area contributed by atoms with Gasteiger partial charge in [0.25, 0.3) is 0 Å².